The second-order valence-corrected chi connectivity index (χ2v) is 5.46. The van der Waals surface area contributed by atoms with E-state index in [0.717, 1.165) is 22.7 Å². The first-order valence-corrected chi connectivity index (χ1v) is 7.26. The number of nitro groups is 1. The van der Waals surface area contributed by atoms with E-state index in [2.05, 4.69) is 5.43 Å². The number of carbonyl (C=O) groups is 2. The van der Waals surface area contributed by atoms with Crippen LogP contribution >= 0.6 is 0 Å². The molecular weight excluding hydrogens is 326 g/mol. The fourth-order valence-electron chi connectivity index (χ4n) is 2.37. The molecule has 2 aromatic rings. The van der Waals surface area contributed by atoms with Crippen LogP contribution in [0.5, 0.6) is 5.75 Å². The Morgan fingerprint density at radius 2 is 1.80 bits per heavy atom. The number of hydrogen-bond donors (Lipinski definition) is 1. The predicted octanol–water partition coefficient (Wildman–Crippen LogP) is 1.44. The lowest BCUT2D eigenvalue weighted by atomic mass is 10.1. The van der Waals surface area contributed by atoms with Gasteiger partial charge in [0.05, 0.1) is 10.6 Å². The van der Waals surface area contributed by atoms with Crippen molar-refractivity contribution in [3.8, 4) is 5.75 Å². The van der Waals surface area contributed by atoms with Crippen molar-refractivity contribution in [2.24, 2.45) is 0 Å². The molecule has 0 spiro atoms. The van der Waals surface area contributed by atoms with Gasteiger partial charge in [-0.15, -0.1) is 0 Å². The van der Waals surface area contributed by atoms with Gasteiger partial charge < -0.3 is 5.11 Å². The number of rotatable bonds is 3. The van der Waals surface area contributed by atoms with E-state index in [-0.39, 0.29) is 11.1 Å². The average Bonchev–Trinajstić information content (AvgIpc) is 2.85. The monoisotopic (exact) mass is 338 g/mol. The first kappa shape index (κ1) is 16.2. The number of nitro benzene ring substituents is 1. The number of nitrogens with one attached hydrogen (secondary N) is 1. The molecule has 1 heterocycles. The van der Waals surface area contributed by atoms with Crippen LogP contribution in [0.1, 0.15) is 11.1 Å². The maximum Gasteiger partial charge on any atom is 0.282 e. The lowest BCUT2D eigenvalue weighted by Gasteiger charge is -2.14. The molecule has 0 atom stereocenters. The first-order valence-electron chi connectivity index (χ1n) is 7.26. The Kier molecular flexibility index (Phi) is 3.94. The Balaban J connectivity index is 1.95. The van der Waals surface area contributed by atoms with Gasteiger partial charge in [-0.05, 0) is 36.4 Å². The summed E-state index contributed by atoms with van der Waals surface area (Å²) in [5.41, 5.74) is 3.37. The minimum Gasteiger partial charge on any atom is -0.868 e. The summed E-state index contributed by atoms with van der Waals surface area (Å²) in [4.78, 5) is 34.6. The summed E-state index contributed by atoms with van der Waals surface area (Å²) in [5.74, 6) is -1.95. The second kappa shape index (κ2) is 6.08. The van der Waals surface area contributed by atoms with Crippen LogP contribution in [0.2, 0.25) is 0 Å². The van der Waals surface area contributed by atoms with E-state index in [1.54, 1.807) is 24.3 Å². The van der Waals surface area contributed by atoms with E-state index in [1.807, 2.05) is 6.92 Å². The number of hydrazine groups is 1. The molecule has 1 fully saturated rings. The molecule has 0 saturated carbocycles. The minimum absolute atomic E-state index is 0.173. The van der Waals surface area contributed by atoms with Gasteiger partial charge in [-0.3, -0.25) is 25.1 Å². The summed E-state index contributed by atoms with van der Waals surface area (Å²) in [6, 6.07) is 10.3. The maximum atomic E-state index is 12.5. The smallest absolute Gasteiger partial charge is 0.282 e. The largest absolute Gasteiger partial charge is 0.868 e. The van der Waals surface area contributed by atoms with E-state index in [9.17, 15) is 24.8 Å². The van der Waals surface area contributed by atoms with Crippen molar-refractivity contribution in [3.63, 3.8) is 0 Å². The van der Waals surface area contributed by atoms with Crippen LogP contribution in [0.3, 0.4) is 0 Å². The fraction of sp³-hybridized carbons (Fsp3) is 0.0588. The van der Waals surface area contributed by atoms with Crippen molar-refractivity contribution < 1.29 is 19.6 Å². The maximum absolute atomic E-state index is 12.5. The number of amides is 2. The average molecular weight is 338 g/mol. The van der Waals surface area contributed by atoms with Gasteiger partial charge in [0.2, 0.25) is 0 Å². The molecule has 0 bridgehead atoms. The summed E-state index contributed by atoms with van der Waals surface area (Å²) in [6.45, 7) is 1.89. The Labute approximate surface area is 142 Å². The highest BCUT2D eigenvalue weighted by molar-refractivity contribution is 6.31. The first-order chi connectivity index (χ1) is 11.9. The molecule has 0 aliphatic carbocycles. The zero-order valence-corrected chi connectivity index (χ0v) is 13.1. The molecule has 1 aliphatic heterocycles. The van der Waals surface area contributed by atoms with Gasteiger partial charge in [0, 0.05) is 6.07 Å². The predicted molar refractivity (Wildman–Crippen MR) is 87.3 cm³/mol. The lowest BCUT2D eigenvalue weighted by Crippen LogP contribution is -2.35. The third-order valence-electron chi connectivity index (χ3n) is 3.67. The zero-order valence-electron chi connectivity index (χ0n) is 13.1. The molecule has 8 heteroatoms. The number of anilines is 1. The molecule has 8 nitrogen and oxygen atoms in total. The lowest BCUT2D eigenvalue weighted by molar-refractivity contribution is -0.398. The van der Waals surface area contributed by atoms with Crippen LogP contribution in [-0.4, -0.2) is 16.7 Å². The van der Waals surface area contributed by atoms with Crippen molar-refractivity contribution in [1.82, 2.24) is 5.43 Å². The number of hydrogen-bond acceptors (Lipinski definition) is 5. The number of carbonyl (C=O) groups excluding carboxylic acids is 2. The third kappa shape index (κ3) is 3.05. The Morgan fingerprint density at radius 1 is 1.12 bits per heavy atom. The fourth-order valence-corrected chi connectivity index (χ4v) is 2.37. The minimum atomic E-state index is -0.806. The molecule has 0 radical (unpaired) electrons. The van der Waals surface area contributed by atoms with Crippen molar-refractivity contribution in [2.75, 3.05) is 5.01 Å². The van der Waals surface area contributed by atoms with E-state index >= 15 is 0 Å². The van der Waals surface area contributed by atoms with E-state index < -0.39 is 28.2 Å². The molecule has 0 aromatic heterocycles. The van der Waals surface area contributed by atoms with Crippen molar-refractivity contribution in [1.29, 1.82) is 0 Å². The van der Waals surface area contributed by atoms with Crippen molar-refractivity contribution in [3.05, 3.63) is 69.3 Å². The number of benzene rings is 2. The standard InChI is InChI=1S/C17H13N3O5/c1-10-2-5-12(6-3-10)19-17(23)13(16(22)18-19)8-11-4-7-15(21)14(9-11)20(24)25/h2-9,21H,1H3,(H,18,22)/p-1/b13-8+. The topological polar surface area (TPSA) is 116 Å². The third-order valence-corrected chi connectivity index (χ3v) is 3.67. The van der Waals surface area contributed by atoms with E-state index in [4.69, 9.17) is 0 Å². The van der Waals surface area contributed by atoms with Crippen LogP contribution in [0, 0.1) is 17.0 Å². The van der Waals surface area contributed by atoms with Crippen molar-refractivity contribution in [2.45, 2.75) is 6.92 Å². The highest BCUT2D eigenvalue weighted by Crippen LogP contribution is 2.26. The zero-order chi connectivity index (χ0) is 18.1. The van der Waals surface area contributed by atoms with Crippen molar-refractivity contribution >= 4 is 29.3 Å². The molecule has 2 amide bonds. The number of aryl methyl sites for hydroxylation is 1. The Hall–Kier alpha value is -3.68. The summed E-state index contributed by atoms with van der Waals surface area (Å²) >= 11 is 0. The van der Waals surface area contributed by atoms with Crippen LogP contribution < -0.4 is 15.5 Å². The van der Waals surface area contributed by atoms with Crippen LogP contribution in [0.4, 0.5) is 11.4 Å². The molecule has 126 valence electrons. The summed E-state index contributed by atoms with van der Waals surface area (Å²) in [5, 5.41) is 23.4. The van der Waals surface area contributed by atoms with Gasteiger partial charge >= 0.3 is 0 Å². The van der Waals surface area contributed by atoms with Gasteiger partial charge in [0.25, 0.3) is 17.5 Å². The summed E-state index contributed by atoms with van der Waals surface area (Å²) in [7, 11) is 0. The van der Waals surface area contributed by atoms with Crippen LogP contribution in [0.15, 0.2) is 48.0 Å². The molecular formula is C17H12N3O5-. The summed E-state index contributed by atoms with van der Waals surface area (Å²) < 4.78 is 0. The molecule has 25 heavy (non-hydrogen) atoms. The Bertz CT molecular complexity index is 918. The van der Waals surface area contributed by atoms with Crippen LogP contribution in [-0.2, 0) is 9.59 Å². The van der Waals surface area contributed by atoms with Gasteiger partial charge in [0.1, 0.15) is 5.57 Å². The van der Waals surface area contributed by atoms with E-state index in [1.165, 1.54) is 12.1 Å². The molecule has 1 saturated heterocycles. The van der Waals surface area contributed by atoms with Gasteiger partial charge in [0.15, 0.2) is 0 Å². The SMILES string of the molecule is Cc1ccc(N2NC(=O)/C(=C\c3ccc([O-])c([N+](=O)[O-])c3)C2=O)cc1. The normalized spacial score (nSPS) is 15.6. The van der Waals surface area contributed by atoms with Gasteiger partial charge in [-0.1, -0.05) is 29.8 Å². The molecule has 1 N–H and O–H groups in total. The summed E-state index contributed by atoms with van der Waals surface area (Å²) in [6.07, 6.45) is 1.22. The molecule has 0 unspecified atom stereocenters. The highest BCUT2D eigenvalue weighted by Gasteiger charge is 2.34. The second-order valence-electron chi connectivity index (χ2n) is 5.46. The molecule has 2 aromatic carbocycles. The molecule has 1 aliphatic rings. The van der Waals surface area contributed by atoms with Gasteiger partial charge in [-0.2, -0.15) is 0 Å². The molecule has 3 rings (SSSR count). The Morgan fingerprint density at radius 3 is 2.44 bits per heavy atom. The van der Waals surface area contributed by atoms with Crippen LogP contribution in [0.25, 0.3) is 6.08 Å². The number of nitrogens with zero attached hydrogens (tertiary/aromatic N) is 2. The quantitative estimate of drug-likeness (QED) is 0.393. The highest BCUT2D eigenvalue weighted by atomic mass is 16.6. The van der Waals surface area contributed by atoms with E-state index in [0.29, 0.717) is 5.69 Å². The van der Waals surface area contributed by atoms with Gasteiger partial charge in [-0.25, -0.2) is 5.01 Å².